The summed E-state index contributed by atoms with van der Waals surface area (Å²) in [5.74, 6) is 0. The van der Waals surface area contributed by atoms with Gasteiger partial charge in [0.2, 0.25) is 0 Å². The molecule has 3 nitrogen and oxygen atoms in total. The number of nitrogens with zero attached hydrogens (tertiary/aromatic N) is 3. The van der Waals surface area contributed by atoms with Crippen molar-refractivity contribution in [3.8, 4) is 0 Å². The molecular weight excluding hydrogens is 162 g/mol. The Kier molecular flexibility index (Phi) is 1.53. The van der Waals surface area contributed by atoms with Crippen LogP contribution in [0.3, 0.4) is 0 Å². The van der Waals surface area contributed by atoms with Gasteiger partial charge in [0, 0.05) is 30.9 Å². The van der Waals surface area contributed by atoms with Gasteiger partial charge in [-0.2, -0.15) is 5.10 Å². The summed E-state index contributed by atoms with van der Waals surface area (Å²) >= 11 is 0. The second kappa shape index (κ2) is 2.37. The van der Waals surface area contributed by atoms with Crippen LogP contribution < -0.4 is 0 Å². The Hall–Kier alpha value is -1.25. The van der Waals surface area contributed by atoms with Crippen molar-refractivity contribution in [2.24, 2.45) is 7.05 Å². The van der Waals surface area contributed by atoms with E-state index in [1.165, 1.54) is 0 Å². The molecule has 0 unspecified atom stereocenters. The van der Waals surface area contributed by atoms with Gasteiger partial charge < -0.3 is 4.57 Å². The van der Waals surface area contributed by atoms with Crippen LogP contribution in [-0.4, -0.2) is 14.2 Å². The summed E-state index contributed by atoms with van der Waals surface area (Å²) in [4.78, 5) is 0. The molecule has 70 valence electrons. The zero-order valence-corrected chi connectivity index (χ0v) is 8.57. The van der Waals surface area contributed by atoms with Crippen molar-refractivity contribution in [1.82, 2.24) is 14.2 Å². The summed E-state index contributed by atoms with van der Waals surface area (Å²) in [5.41, 5.74) is 2.41. The maximum absolute atomic E-state index is 4.50. The zero-order valence-electron chi connectivity index (χ0n) is 8.57. The molecule has 0 bridgehead atoms. The van der Waals surface area contributed by atoms with Crippen LogP contribution in [0.5, 0.6) is 0 Å². The van der Waals surface area contributed by atoms with Crippen molar-refractivity contribution >= 4 is 5.65 Å². The molecule has 0 aliphatic heterocycles. The lowest BCUT2D eigenvalue weighted by molar-refractivity contribution is 0.563. The van der Waals surface area contributed by atoms with Crippen LogP contribution in [-0.2, 0) is 12.5 Å². The minimum absolute atomic E-state index is 0.131. The molecular formula is C10H15N3. The molecule has 0 fully saturated rings. The quantitative estimate of drug-likeness (QED) is 0.603. The fourth-order valence-corrected chi connectivity index (χ4v) is 1.36. The first-order valence-electron chi connectivity index (χ1n) is 4.50. The Morgan fingerprint density at radius 2 is 1.92 bits per heavy atom. The fraction of sp³-hybridized carbons (Fsp3) is 0.500. The molecule has 2 heterocycles. The molecule has 0 radical (unpaired) electrons. The van der Waals surface area contributed by atoms with Gasteiger partial charge in [0.05, 0.1) is 5.69 Å². The molecule has 0 aromatic carbocycles. The van der Waals surface area contributed by atoms with Gasteiger partial charge in [0.25, 0.3) is 0 Å². The van der Waals surface area contributed by atoms with E-state index in [1.54, 1.807) is 0 Å². The van der Waals surface area contributed by atoms with Crippen LogP contribution in [0, 0.1) is 0 Å². The van der Waals surface area contributed by atoms with Crippen molar-refractivity contribution in [1.29, 1.82) is 0 Å². The zero-order chi connectivity index (χ0) is 9.64. The van der Waals surface area contributed by atoms with E-state index in [4.69, 9.17) is 0 Å². The van der Waals surface area contributed by atoms with Crippen LogP contribution >= 0.6 is 0 Å². The highest BCUT2D eigenvalue weighted by Gasteiger charge is 2.18. The van der Waals surface area contributed by atoms with Gasteiger partial charge in [0.1, 0.15) is 5.65 Å². The van der Waals surface area contributed by atoms with Gasteiger partial charge in [-0.15, -0.1) is 0 Å². The van der Waals surface area contributed by atoms with E-state index >= 15 is 0 Å². The summed E-state index contributed by atoms with van der Waals surface area (Å²) in [6.07, 6.45) is 3.99. The van der Waals surface area contributed by atoms with E-state index in [-0.39, 0.29) is 5.41 Å². The molecule has 0 aliphatic rings. The van der Waals surface area contributed by atoms with Crippen LogP contribution in [0.4, 0.5) is 0 Å². The number of aryl methyl sites for hydroxylation is 1. The highest BCUT2D eigenvalue weighted by atomic mass is 15.3. The van der Waals surface area contributed by atoms with Gasteiger partial charge in [-0.25, -0.2) is 4.52 Å². The number of imidazole rings is 1. The maximum Gasteiger partial charge on any atom is 0.135 e. The van der Waals surface area contributed by atoms with E-state index in [0.717, 1.165) is 11.3 Å². The van der Waals surface area contributed by atoms with Crippen molar-refractivity contribution in [3.63, 3.8) is 0 Å². The summed E-state index contributed by atoms with van der Waals surface area (Å²) in [7, 11) is 2.03. The standard InChI is InChI=1S/C10H15N3/c1-10(2,3)8-7-9-12(4)5-6-13(9)11-8/h5-7H,1-4H3. The highest BCUT2D eigenvalue weighted by molar-refractivity contribution is 5.42. The minimum Gasteiger partial charge on any atom is -0.334 e. The first kappa shape index (κ1) is 8.35. The monoisotopic (exact) mass is 177 g/mol. The molecule has 0 spiro atoms. The molecule has 0 N–H and O–H groups in total. The lowest BCUT2D eigenvalue weighted by Gasteiger charge is -2.13. The Balaban J connectivity index is 2.63. The van der Waals surface area contributed by atoms with Gasteiger partial charge >= 0.3 is 0 Å². The molecule has 3 heteroatoms. The second-order valence-corrected chi connectivity index (χ2v) is 4.49. The molecule has 13 heavy (non-hydrogen) atoms. The molecule has 0 saturated carbocycles. The molecule has 2 aromatic heterocycles. The molecule has 2 rings (SSSR count). The third-order valence-corrected chi connectivity index (χ3v) is 2.28. The number of rotatable bonds is 0. The van der Waals surface area contributed by atoms with Crippen molar-refractivity contribution in [2.45, 2.75) is 26.2 Å². The topological polar surface area (TPSA) is 22.2 Å². The smallest absolute Gasteiger partial charge is 0.135 e. The number of hydrogen-bond donors (Lipinski definition) is 0. The molecule has 0 aliphatic carbocycles. The van der Waals surface area contributed by atoms with Crippen LogP contribution in [0.1, 0.15) is 26.5 Å². The van der Waals surface area contributed by atoms with Crippen LogP contribution in [0.15, 0.2) is 18.5 Å². The lowest BCUT2D eigenvalue weighted by atomic mass is 9.93. The van der Waals surface area contributed by atoms with Gasteiger partial charge in [-0.1, -0.05) is 20.8 Å². The summed E-state index contributed by atoms with van der Waals surface area (Å²) < 4.78 is 3.99. The Labute approximate surface area is 78.0 Å². The molecule has 0 saturated heterocycles. The predicted octanol–water partition coefficient (Wildman–Crippen LogP) is 1.97. The largest absolute Gasteiger partial charge is 0.334 e. The minimum atomic E-state index is 0.131. The average Bonchev–Trinajstić information content (AvgIpc) is 2.51. The van der Waals surface area contributed by atoms with E-state index in [2.05, 4.69) is 36.5 Å². The summed E-state index contributed by atoms with van der Waals surface area (Å²) in [6.45, 7) is 6.53. The van der Waals surface area contributed by atoms with Gasteiger partial charge in [0.15, 0.2) is 0 Å². The van der Waals surface area contributed by atoms with E-state index in [0.29, 0.717) is 0 Å². The predicted molar refractivity (Wildman–Crippen MR) is 52.9 cm³/mol. The maximum atomic E-state index is 4.50. The molecule has 0 amide bonds. The van der Waals surface area contributed by atoms with Crippen LogP contribution in [0.25, 0.3) is 5.65 Å². The lowest BCUT2D eigenvalue weighted by Crippen LogP contribution is -2.11. The first-order valence-corrected chi connectivity index (χ1v) is 4.50. The van der Waals surface area contributed by atoms with Gasteiger partial charge in [-0.3, -0.25) is 0 Å². The Morgan fingerprint density at radius 1 is 1.23 bits per heavy atom. The highest BCUT2D eigenvalue weighted by Crippen LogP contribution is 2.21. The molecule has 0 atom stereocenters. The third-order valence-electron chi connectivity index (χ3n) is 2.28. The Morgan fingerprint density at radius 3 is 2.46 bits per heavy atom. The van der Waals surface area contributed by atoms with E-state index in [9.17, 15) is 0 Å². The summed E-state index contributed by atoms with van der Waals surface area (Å²) in [5, 5.41) is 4.50. The van der Waals surface area contributed by atoms with Crippen molar-refractivity contribution in [2.75, 3.05) is 0 Å². The third kappa shape index (κ3) is 1.24. The number of aromatic nitrogens is 3. The van der Waals surface area contributed by atoms with Crippen molar-refractivity contribution < 1.29 is 0 Å². The second-order valence-electron chi connectivity index (χ2n) is 4.49. The average molecular weight is 177 g/mol. The van der Waals surface area contributed by atoms with Crippen LogP contribution in [0.2, 0.25) is 0 Å². The van der Waals surface area contributed by atoms with E-state index in [1.807, 2.05) is 24.0 Å². The van der Waals surface area contributed by atoms with Crippen molar-refractivity contribution in [3.05, 3.63) is 24.2 Å². The Bertz CT molecular complexity index is 428. The first-order chi connectivity index (χ1) is 5.98. The fourth-order valence-electron chi connectivity index (χ4n) is 1.36. The van der Waals surface area contributed by atoms with E-state index < -0.39 is 0 Å². The number of fused-ring (bicyclic) bond motifs is 1. The SMILES string of the molecule is Cn1ccn2nc(C(C)(C)C)cc12. The molecule has 2 aromatic rings. The summed E-state index contributed by atoms with van der Waals surface area (Å²) in [6, 6.07) is 2.14. The van der Waals surface area contributed by atoms with Gasteiger partial charge in [-0.05, 0) is 0 Å². The number of hydrogen-bond acceptors (Lipinski definition) is 1. The normalized spacial score (nSPS) is 12.6.